The molecule has 1 aliphatic carbocycles. The highest BCUT2D eigenvalue weighted by Gasteiger charge is 2.45. The number of piperidine rings is 1. The molecule has 8 heteroatoms. The summed E-state index contributed by atoms with van der Waals surface area (Å²) in [5.74, 6) is 0.103. The van der Waals surface area contributed by atoms with E-state index in [1.54, 1.807) is 11.0 Å². The van der Waals surface area contributed by atoms with Crippen LogP contribution in [-0.4, -0.2) is 60.2 Å². The molecule has 5 rings (SSSR count). The van der Waals surface area contributed by atoms with Gasteiger partial charge in [-0.2, -0.15) is 0 Å². The Bertz CT molecular complexity index is 1070. The molecular weight excluding hydrogens is 399 g/mol. The van der Waals surface area contributed by atoms with E-state index in [4.69, 9.17) is 9.72 Å². The van der Waals surface area contributed by atoms with E-state index in [1.165, 1.54) is 12.1 Å². The number of hydrogen-bond acceptors (Lipinski definition) is 5. The Hall–Kier alpha value is -2.74. The summed E-state index contributed by atoms with van der Waals surface area (Å²) in [4.78, 5) is 37.6. The van der Waals surface area contributed by atoms with Crippen LogP contribution >= 0.6 is 0 Å². The van der Waals surface area contributed by atoms with Gasteiger partial charge < -0.3 is 14.5 Å². The minimum Gasteiger partial charge on any atom is -0.378 e. The maximum Gasteiger partial charge on any atom is 0.255 e. The van der Waals surface area contributed by atoms with E-state index in [9.17, 15) is 14.0 Å². The third kappa shape index (κ3) is 3.52. The number of likely N-dealkylation sites (tertiary alicyclic amines) is 1. The zero-order chi connectivity index (χ0) is 21.6. The molecule has 2 aliphatic heterocycles. The third-order valence-electron chi connectivity index (χ3n) is 7.11. The number of aromatic nitrogens is 2. The van der Waals surface area contributed by atoms with Crippen molar-refractivity contribution in [1.29, 1.82) is 0 Å². The van der Waals surface area contributed by atoms with Gasteiger partial charge in [0, 0.05) is 42.7 Å². The van der Waals surface area contributed by atoms with Crippen LogP contribution in [0.3, 0.4) is 0 Å². The number of rotatable bonds is 2. The summed E-state index contributed by atoms with van der Waals surface area (Å²) < 4.78 is 19.1. The molecule has 0 bridgehead atoms. The molecule has 2 fully saturated rings. The minimum absolute atomic E-state index is 0.0442. The van der Waals surface area contributed by atoms with Gasteiger partial charge in [-0.3, -0.25) is 14.6 Å². The van der Waals surface area contributed by atoms with Crippen LogP contribution in [0.4, 0.5) is 10.3 Å². The van der Waals surface area contributed by atoms with E-state index >= 15 is 0 Å². The number of benzene rings is 1. The topological polar surface area (TPSA) is 78.5 Å². The quantitative estimate of drug-likeness (QED) is 0.796. The summed E-state index contributed by atoms with van der Waals surface area (Å²) in [6.45, 7) is 5.67. The maximum absolute atomic E-state index is 13.7. The zero-order valence-electron chi connectivity index (χ0n) is 17.7. The van der Waals surface area contributed by atoms with Gasteiger partial charge in [-0.15, -0.1) is 0 Å². The predicted octanol–water partition coefficient (Wildman–Crippen LogP) is 2.17. The number of carbonyl (C=O) groups is 1. The van der Waals surface area contributed by atoms with E-state index < -0.39 is 5.82 Å². The molecule has 2 saturated heterocycles. The van der Waals surface area contributed by atoms with Crippen LogP contribution in [0.25, 0.3) is 0 Å². The zero-order valence-corrected chi connectivity index (χ0v) is 17.7. The summed E-state index contributed by atoms with van der Waals surface area (Å²) in [5, 5.41) is 0. The molecule has 7 nitrogen and oxygen atoms in total. The Morgan fingerprint density at radius 1 is 1.16 bits per heavy atom. The van der Waals surface area contributed by atoms with Crippen molar-refractivity contribution in [1.82, 2.24) is 14.9 Å². The largest absolute Gasteiger partial charge is 0.378 e. The number of nitrogens with one attached hydrogen (secondary N) is 1. The highest BCUT2D eigenvalue weighted by molar-refractivity contribution is 5.95. The molecule has 1 N–H and O–H groups in total. The van der Waals surface area contributed by atoms with Crippen molar-refractivity contribution >= 4 is 11.9 Å². The Balaban J connectivity index is 1.38. The maximum atomic E-state index is 13.7. The van der Waals surface area contributed by atoms with Crippen molar-refractivity contribution in [2.24, 2.45) is 0 Å². The SMILES string of the molecule is Cc1ccc(F)cc1C(=O)N1CCC2(CCc3c2nc(N2CCOCC2)[nH]c3=O)CC1. The third-order valence-corrected chi connectivity index (χ3v) is 7.11. The van der Waals surface area contributed by atoms with Gasteiger partial charge in [0.25, 0.3) is 11.5 Å². The minimum atomic E-state index is -0.397. The van der Waals surface area contributed by atoms with Crippen LogP contribution < -0.4 is 10.5 Å². The van der Waals surface area contributed by atoms with Crippen molar-refractivity contribution in [2.45, 2.75) is 38.0 Å². The molecule has 0 atom stereocenters. The summed E-state index contributed by atoms with van der Waals surface area (Å²) >= 11 is 0. The molecule has 3 aliphatic rings. The lowest BCUT2D eigenvalue weighted by Crippen LogP contribution is -2.45. The summed E-state index contributed by atoms with van der Waals surface area (Å²) in [5.41, 5.74) is 2.69. The summed E-state index contributed by atoms with van der Waals surface area (Å²) in [7, 11) is 0. The molecule has 1 aromatic carbocycles. The van der Waals surface area contributed by atoms with Gasteiger partial charge in [0.1, 0.15) is 5.82 Å². The van der Waals surface area contributed by atoms with Crippen LogP contribution in [-0.2, 0) is 16.6 Å². The number of H-pyrrole nitrogens is 1. The molecule has 0 saturated carbocycles. The first-order valence-electron chi connectivity index (χ1n) is 11.0. The van der Waals surface area contributed by atoms with Crippen LogP contribution in [0.15, 0.2) is 23.0 Å². The molecule has 1 amide bonds. The second-order valence-corrected chi connectivity index (χ2v) is 8.85. The Kier molecular flexibility index (Phi) is 5.04. The summed E-state index contributed by atoms with van der Waals surface area (Å²) in [6, 6.07) is 4.34. The normalized spacial score (nSPS) is 20.2. The number of aryl methyl sites for hydroxylation is 1. The molecule has 1 aromatic heterocycles. The van der Waals surface area contributed by atoms with Gasteiger partial charge in [-0.25, -0.2) is 9.37 Å². The molecule has 0 radical (unpaired) electrons. The number of nitrogens with zero attached hydrogens (tertiary/aromatic N) is 3. The van der Waals surface area contributed by atoms with Gasteiger partial charge in [0.2, 0.25) is 5.95 Å². The molecule has 0 unspecified atom stereocenters. The first-order chi connectivity index (χ1) is 15.0. The standard InChI is InChI=1S/C23H27FN4O3/c1-15-2-3-16(24)14-18(15)21(30)27-8-6-23(7-9-27)5-4-17-19(23)25-22(26-20(17)29)28-10-12-31-13-11-28/h2-3,14H,4-13H2,1H3,(H,25,26,29). The van der Waals surface area contributed by atoms with E-state index in [2.05, 4.69) is 9.88 Å². The lowest BCUT2D eigenvalue weighted by molar-refractivity contribution is 0.0662. The monoisotopic (exact) mass is 426 g/mol. The molecule has 2 aromatic rings. The highest BCUT2D eigenvalue weighted by atomic mass is 19.1. The fourth-order valence-electron chi connectivity index (χ4n) is 5.18. The van der Waals surface area contributed by atoms with Crippen molar-refractivity contribution < 1.29 is 13.9 Å². The number of halogens is 1. The molecule has 31 heavy (non-hydrogen) atoms. The van der Waals surface area contributed by atoms with Gasteiger partial charge in [-0.1, -0.05) is 6.07 Å². The number of carbonyl (C=O) groups excluding carboxylic acids is 1. The molecule has 3 heterocycles. The average molecular weight is 426 g/mol. The average Bonchev–Trinajstić information content (AvgIpc) is 3.14. The highest BCUT2D eigenvalue weighted by Crippen LogP contribution is 2.44. The number of hydrogen-bond donors (Lipinski definition) is 1. The number of fused-ring (bicyclic) bond motifs is 2. The fraction of sp³-hybridized carbons (Fsp3) is 0.522. The van der Waals surface area contributed by atoms with Crippen molar-refractivity contribution in [2.75, 3.05) is 44.3 Å². The lowest BCUT2D eigenvalue weighted by Gasteiger charge is -2.40. The van der Waals surface area contributed by atoms with Crippen LogP contribution in [0, 0.1) is 12.7 Å². The number of anilines is 1. The Morgan fingerprint density at radius 2 is 1.90 bits per heavy atom. The van der Waals surface area contributed by atoms with Crippen LogP contribution in [0.1, 0.15) is 46.4 Å². The molecule has 1 spiro atoms. The van der Waals surface area contributed by atoms with Crippen molar-refractivity contribution in [3.63, 3.8) is 0 Å². The number of aromatic amines is 1. The van der Waals surface area contributed by atoms with Gasteiger partial charge in [-0.05, 0) is 50.3 Å². The number of morpholine rings is 1. The predicted molar refractivity (Wildman–Crippen MR) is 114 cm³/mol. The van der Waals surface area contributed by atoms with E-state index in [-0.39, 0.29) is 16.9 Å². The van der Waals surface area contributed by atoms with E-state index in [1.807, 2.05) is 6.92 Å². The van der Waals surface area contributed by atoms with Crippen LogP contribution in [0.2, 0.25) is 0 Å². The van der Waals surface area contributed by atoms with Crippen molar-refractivity contribution in [3.05, 3.63) is 56.8 Å². The first kappa shape index (κ1) is 20.2. The number of ether oxygens (including phenoxy) is 1. The van der Waals surface area contributed by atoms with Gasteiger partial charge >= 0.3 is 0 Å². The van der Waals surface area contributed by atoms with E-state index in [0.29, 0.717) is 50.9 Å². The number of amides is 1. The lowest BCUT2D eigenvalue weighted by atomic mass is 9.76. The van der Waals surface area contributed by atoms with Crippen molar-refractivity contribution in [3.8, 4) is 0 Å². The summed E-state index contributed by atoms with van der Waals surface area (Å²) in [6.07, 6.45) is 3.13. The first-order valence-corrected chi connectivity index (χ1v) is 11.0. The molecule has 164 valence electrons. The van der Waals surface area contributed by atoms with Gasteiger partial charge in [0.05, 0.1) is 18.9 Å². The van der Waals surface area contributed by atoms with E-state index in [0.717, 1.165) is 42.5 Å². The smallest absolute Gasteiger partial charge is 0.255 e. The Morgan fingerprint density at radius 3 is 2.65 bits per heavy atom. The Labute approximate surface area is 180 Å². The second-order valence-electron chi connectivity index (χ2n) is 8.85. The van der Waals surface area contributed by atoms with Gasteiger partial charge in [0.15, 0.2) is 0 Å². The molecular formula is C23H27FN4O3. The second kappa shape index (κ2) is 7.75. The van der Waals surface area contributed by atoms with Crippen LogP contribution in [0.5, 0.6) is 0 Å². The fourth-order valence-corrected chi connectivity index (χ4v) is 5.18.